The maximum absolute atomic E-state index is 12.7. The minimum absolute atomic E-state index is 0.0726. The van der Waals surface area contributed by atoms with Crippen LogP contribution in [-0.4, -0.2) is 18.7 Å². The fourth-order valence-corrected chi connectivity index (χ4v) is 2.89. The smallest absolute Gasteiger partial charge is 0.280 e. The second-order valence-corrected chi connectivity index (χ2v) is 5.94. The van der Waals surface area contributed by atoms with Gasteiger partial charge in [-0.3, -0.25) is 9.36 Å². The molecule has 124 valence electrons. The summed E-state index contributed by atoms with van der Waals surface area (Å²) in [6.07, 6.45) is 3.11. The summed E-state index contributed by atoms with van der Waals surface area (Å²) in [6, 6.07) is 16.4. The van der Waals surface area contributed by atoms with Crippen molar-refractivity contribution in [1.82, 2.24) is 18.7 Å². The van der Waals surface area contributed by atoms with Crippen molar-refractivity contribution >= 4 is 17.2 Å². The van der Waals surface area contributed by atoms with Gasteiger partial charge in [0.25, 0.3) is 0 Å². The summed E-state index contributed by atoms with van der Waals surface area (Å²) in [5.41, 5.74) is 0.806. The molecule has 0 N–H and O–H groups in total. The number of hydrogen-bond acceptors (Lipinski definition) is 3. The molecule has 0 unspecified atom stereocenters. The van der Waals surface area contributed by atoms with Crippen molar-refractivity contribution in [1.29, 1.82) is 0 Å². The number of aromatic nitrogens is 4. The summed E-state index contributed by atoms with van der Waals surface area (Å²) in [5, 5.41) is 4.76. The van der Waals surface area contributed by atoms with Gasteiger partial charge in [-0.15, -0.1) is 5.10 Å². The lowest BCUT2D eigenvalue weighted by molar-refractivity contribution is 0.658. The van der Waals surface area contributed by atoms with Crippen LogP contribution in [0.1, 0.15) is 5.56 Å². The summed E-state index contributed by atoms with van der Waals surface area (Å²) in [4.78, 5) is 25.2. The highest BCUT2D eigenvalue weighted by Crippen LogP contribution is 2.15. The van der Waals surface area contributed by atoms with E-state index in [0.717, 1.165) is 5.56 Å². The molecule has 4 rings (SSSR count). The SMILES string of the molecule is O=c1c2nn(Cc3ccccc3Cl)c(=O)n2ccn1-c1ccccc1. The van der Waals surface area contributed by atoms with E-state index in [1.807, 2.05) is 48.5 Å². The average Bonchev–Trinajstić information content (AvgIpc) is 2.95. The van der Waals surface area contributed by atoms with E-state index in [1.165, 1.54) is 13.6 Å². The van der Waals surface area contributed by atoms with Gasteiger partial charge in [-0.1, -0.05) is 48.0 Å². The van der Waals surface area contributed by atoms with Crippen LogP contribution < -0.4 is 11.2 Å². The fraction of sp³-hybridized carbons (Fsp3) is 0.0556. The Morgan fingerprint density at radius 1 is 0.920 bits per heavy atom. The molecule has 25 heavy (non-hydrogen) atoms. The zero-order valence-corrected chi connectivity index (χ0v) is 13.8. The van der Waals surface area contributed by atoms with Gasteiger partial charge >= 0.3 is 11.2 Å². The van der Waals surface area contributed by atoms with Crippen LogP contribution in [0.4, 0.5) is 0 Å². The van der Waals surface area contributed by atoms with Gasteiger partial charge in [0.1, 0.15) is 0 Å². The molecule has 2 aromatic carbocycles. The molecule has 4 aromatic rings. The van der Waals surface area contributed by atoms with Gasteiger partial charge in [-0.2, -0.15) is 0 Å². The standard InChI is InChI=1S/C18H13ClN4O2/c19-15-9-5-4-6-13(15)12-23-18(25)22-11-10-21(17(24)16(22)20-23)14-7-2-1-3-8-14/h1-11H,12H2. The molecule has 0 spiro atoms. The largest absolute Gasteiger partial charge is 0.350 e. The van der Waals surface area contributed by atoms with Gasteiger partial charge in [0.15, 0.2) is 0 Å². The molecular weight excluding hydrogens is 340 g/mol. The number of hydrogen-bond donors (Lipinski definition) is 0. The van der Waals surface area contributed by atoms with Gasteiger partial charge < -0.3 is 0 Å². The first-order valence-corrected chi connectivity index (χ1v) is 8.02. The number of halogens is 1. The summed E-state index contributed by atoms with van der Waals surface area (Å²) in [5.74, 6) is 0. The van der Waals surface area contributed by atoms with Crippen LogP contribution in [0, 0.1) is 0 Å². The van der Waals surface area contributed by atoms with E-state index < -0.39 is 0 Å². The highest BCUT2D eigenvalue weighted by molar-refractivity contribution is 6.31. The summed E-state index contributed by atoms with van der Waals surface area (Å²) >= 11 is 6.15. The number of nitrogens with zero attached hydrogens (tertiary/aromatic N) is 4. The van der Waals surface area contributed by atoms with Crippen LogP contribution in [0.3, 0.4) is 0 Å². The first-order valence-electron chi connectivity index (χ1n) is 7.65. The second kappa shape index (κ2) is 6.07. The maximum atomic E-state index is 12.7. The molecule has 0 aliphatic heterocycles. The molecule has 2 heterocycles. The summed E-state index contributed by atoms with van der Waals surface area (Å²) in [6.45, 7) is 0.199. The maximum Gasteiger partial charge on any atom is 0.350 e. The lowest BCUT2D eigenvalue weighted by Crippen LogP contribution is -2.24. The zero-order valence-electron chi connectivity index (χ0n) is 13.0. The third kappa shape index (κ3) is 2.66. The Morgan fingerprint density at radius 2 is 1.64 bits per heavy atom. The lowest BCUT2D eigenvalue weighted by Gasteiger charge is -2.04. The summed E-state index contributed by atoms with van der Waals surface area (Å²) < 4.78 is 3.95. The Kier molecular flexibility index (Phi) is 3.74. The monoisotopic (exact) mass is 352 g/mol. The predicted molar refractivity (Wildman–Crippen MR) is 95.6 cm³/mol. The van der Waals surface area contributed by atoms with Crippen molar-refractivity contribution in [2.75, 3.05) is 0 Å². The third-order valence-corrected chi connectivity index (χ3v) is 4.33. The molecule has 0 saturated heterocycles. The van der Waals surface area contributed by atoms with E-state index in [2.05, 4.69) is 5.10 Å². The Bertz CT molecular complexity index is 1180. The normalized spacial score (nSPS) is 11.1. The van der Waals surface area contributed by atoms with Gasteiger partial charge in [0.05, 0.1) is 6.54 Å². The first kappa shape index (κ1) is 15.4. The Balaban J connectivity index is 1.85. The van der Waals surface area contributed by atoms with Crippen LogP contribution in [0.15, 0.2) is 76.6 Å². The van der Waals surface area contributed by atoms with Crippen LogP contribution >= 0.6 is 11.6 Å². The molecule has 0 saturated carbocycles. The average molecular weight is 353 g/mol. The molecule has 0 radical (unpaired) electrons. The number of fused-ring (bicyclic) bond motifs is 1. The van der Waals surface area contributed by atoms with E-state index in [0.29, 0.717) is 10.7 Å². The molecule has 6 nitrogen and oxygen atoms in total. The van der Waals surface area contributed by atoms with Crippen molar-refractivity contribution in [2.24, 2.45) is 0 Å². The minimum Gasteiger partial charge on any atom is -0.280 e. The van der Waals surface area contributed by atoms with Crippen LogP contribution in [-0.2, 0) is 6.54 Å². The third-order valence-electron chi connectivity index (χ3n) is 3.96. The fourth-order valence-electron chi connectivity index (χ4n) is 2.69. The molecule has 2 aromatic heterocycles. The quantitative estimate of drug-likeness (QED) is 0.568. The molecule has 0 fully saturated rings. The highest BCUT2D eigenvalue weighted by atomic mass is 35.5. The molecule has 7 heteroatoms. The first-order chi connectivity index (χ1) is 12.1. The van der Waals surface area contributed by atoms with E-state index in [4.69, 9.17) is 11.6 Å². The van der Waals surface area contributed by atoms with Gasteiger partial charge in [-0.25, -0.2) is 13.9 Å². The van der Waals surface area contributed by atoms with E-state index in [-0.39, 0.29) is 23.4 Å². The number of benzene rings is 2. The lowest BCUT2D eigenvalue weighted by atomic mass is 10.2. The second-order valence-electron chi connectivity index (χ2n) is 5.53. The topological polar surface area (TPSA) is 61.3 Å². The number of rotatable bonds is 3. The Hall–Kier alpha value is -3.12. The van der Waals surface area contributed by atoms with Gasteiger partial charge in [0.2, 0.25) is 5.65 Å². The molecule has 0 bridgehead atoms. The van der Waals surface area contributed by atoms with Crippen LogP contribution in [0.25, 0.3) is 11.3 Å². The molecule has 0 aliphatic carbocycles. The van der Waals surface area contributed by atoms with E-state index >= 15 is 0 Å². The van der Waals surface area contributed by atoms with Crippen molar-refractivity contribution in [2.45, 2.75) is 6.54 Å². The molecular formula is C18H13ClN4O2. The van der Waals surface area contributed by atoms with Crippen LogP contribution in [0.2, 0.25) is 5.02 Å². The molecule has 0 atom stereocenters. The Morgan fingerprint density at radius 3 is 2.40 bits per heavy atom. The predicted octanol–water partition coefficient (Wildman–Crippen LogP) is 2.35. The van der Waals surface area contributed by atoms with Crippen molar-refractivity contribution < 1.29 is 0 Å². The molecule has 0 aliphatic rings. The van der Waals surface area contributed by atoms with Gasteiger partial charge in [-0.05, 0) is 23.8 Å². The molecule has 0 amide bonds. The highest BCUT2D eigenvalue weighted by Gasteiger charge is 2.13. The van der Waals surface area contributed by atoms with E-state index in [1.54, 1.807) is 18.5 Å². The summed E-state index contributed by atoms with van der Waals surface area (Å²) in [7, 11) is 0. The van der Waals surface area contributed by atoms with Crippen molar-refractivity contribution in [3.05, 3.63) is 98.4 Å². The van der Waals surface area contributed by atoms with Crippen molar-refractivity contribution in [3.8, 4) is 5.69 Å². The van der Waals surface area contributed by atoms with Crippen molar-refractivity contribution in [3.63, 3.8) is 0 Å². The zero-order chi connectivity index (χ0) is 17.4. The van der Waals surface area contributed by atoms with E-state index in [9.17, 15) is 9.59 Å². The minimum atomic E-state index is -0.382. The Labute approximate surface area is 147 Å². The van der Waals surface area contributed by atoms with Crippen LogP contribution in [0.5, 0.6) is 0 Å². The number of para-hydroxylation sites is 1. The van der Waals surface area contributed by atoms with Gasteiger partial charge in [0, 0.05) is 23.1 Å².